The fourth-order valence-electron chi connectivity index (χ4n) is 3.81. The van der Waals surface area contributed by atoms with Crippen molar-refractivity contribution in [2.24, 2.45) is 5.73 Å². The lowest BCUT2D eigenvalue weighted by atomic mass is 9.96. The van der Waals surface area contributed by atoms with E-state index in [1.807, 2.05) is 66.7 Å². The Morgan fingerprint density at radius 3 is 2.41 bits per heavy atom. The number of nitrogens with one attached hydrogen (secondary N) is 1. The van der Waals surface area contributed by atoms with Gasteiger partial charge in [0.25, 0.3) is 5.91 Å². The molecule has 7 heteroatoms. The molecule has 4 aromatic rings. The summed E-state index contributed by atoms with van der Waals surface area (Å²) < 4.78 is 0. The van der Waals surface area contributed by atoms with Gasteiger partial charge in [-0.25, -0.2) is 4.98 Å². The maximum absolute atomic E-state index is 13.2. The van der Waals surface area contributed by atoms with Crippen molar-refractivity contribution in [2.75, 3.05) is 20.1 Å². The quantitative estimate of drug-likeness (QED) is 0.445. The monoisotopic (exact) mass is 453 g/mol. The fourth-order valence-corrected chi connectivity index (χ4v) is 3.81. The number of fused-ring (bicyclic) bond motifs is 1. The summed E-state index contributed by atoms with van der Waals surface area (Å²) >= 11 is 0. The maximum Gasteiger partial charge on any atom is 0.272 e. The Morgan fingerprint density at radius 2 is 1.74 bits per heavy atom. The highest BCUT2D eigenvalue weighted by Crippen LogP contribution is 2.34. The van der Waals surface area contributed by atoms with Crippen LogP contribution in [-0.2, 0) is 11.3 Å². The summed E-state index contributed by atoms with van der Waals surface area (Å²) in [6.07, 6.45) is 1.60. The molecule has 4 rings (SSSR count). The number of aromatic nitrogens is 2. The van der Waals surface area contributed by atoms with Crippen LogP contribution in [0.5, 0.6) is 0 Å². The lowest BCUT2D eigenvalue weighted by Crippen LogP contribution is -2.35. The van der Waals surface area contributed by atoms with Crippen LogP contribution >= 0.6 is 0 Å². The van der Waals surface area contributed by atoms with Crippen molar-refractivity contribution in [3.8, 4) is 22.4 Å². The van der Waals surface area contributed by atoms with Crippen LogP contribution in [0.2, 0.25) is 0 Å². The van der Waals surface area contributed by atoms with Gasteiger partial charge >= 0.3 is 0 Å². The number of carbonyl (C=O) groups excluding carboxylic acids is 2. The van der Waals surface area contributed by atoms with Gasteiger partial charge in [0.2, 0.25) is 5.91 Å². The summed E-state index contributed by atoms with van der Waals surface area (Å²) in [6.45, 7) is 2.68. The Bertz CT molecular complexity index is 1320. The Kier molecular flexibility index (Phi) is 6.94. The zero-order chi connectivity index (χ0) is 24.1. The first-order valence-electron chi connectivity index (χ1n) is 11.1. The van der Waals surface area contributed by atoms with Gasteiger partial charge in [-0.15, -0.1) is 0 Å². The van der Waals surface area contributed by atoms with E-state index in [2.05, 4.69) is 10.3 Å². The number of hydrogen-bond donors (Lipinski definition) is 2. The third kappa shape index (κ3) is 4.94. The molecular formula is C27H27N5O2. The lowest BCUT2D eigenvalue weighted by Gasteiger charge is -2.18. The van der Waals surface area contributed by atoms with E-state index >= 15 is 0 Å². The van der Waals surface area contributed by atoms with E-state index in [1.54, 1.807) is 18.1 Å². The molecule has 0 atom stereocenters. The summed E-state index contributed by atoms with van der Waals surface area (Å²) in [6, 6.07) is 21.8. The van der Waals surface area contributed by atoms with Crippen molar-refractivity contribution in [3.05, 3.63) is 84.2 Å². The van der Waals surface area contributed by atoms with Crippen molar-refractivity contribution in [2.45, 2.75) is 13.5 Å². The first kappa shape index (κ1) is 23.1. The average molecular weight is 454 g/mol. The number of amides is 2. The van der Waals surface area contributed by atoms with E-state index in [-0.39, 0.29) is 11.8 Å². The lowest BCUT2D eigenvalue weighted by molar-refractivity contribution is -0.118. The second-order valence-corrected chi connectivity index (χ2v) is 8.09. The number of likely N-dealkylation sites (N-methyl/N-ethyl adjacent to an activating group) is 1. The fraction of sp³-hybridized carbons (Fsp3) is 0.185. The highest BCUT2D eigenvalue weighted by molar-refractivity contribution is 6.06. The van der Waals surface area contributed by atoms with Gasteiger partial charge in [-0.05, 0) is 23.3 Å². The highest BCUT2D eigenvalue weighted by atomic mass is 16.2. The molecule has 3 N–H and O–H groups in total. The van der Waals surface area contributed by atoms with Crippen LogP contribution < -0.4 is 11.1 Å². The van der Waals surface area contributed by atoms with Gasteiger partial charge in [0, 0.05) is 56.3 Å². The minimum atomic E-state index is -0.225. The van der Waals surface area contributed by atoms with Crippen molar-refractivity contribution in [3.63, 3.8) is 0 Å². The van der Waals surface area contributed by atoms with Gasteiger partial charge in [-0.2, -0.15) is 0 Å². The normalized spacial score (nSPS) is 10.8. The van der Waals surface area contributed by atoms with Crippen LogP contribution in [0, 0.1) is 0 Å². The molecule has 2 aromatic carbocycles. The third-order valence-corrected chi connectivity index (χ3v) is 5.66. The maximum atomic E-state index is 13.2. The molecule has 0 spiro atoms. The SMILES string of the molecule is CC(=O)NCCN(C)C(=O)c1nccc2nc(-c3ccc(CN)cc3)c(-c3ccccc3)cc12. The van der Waals surface area contributed by atoms with Gasteiger partial charge in [0.15, 0.2) is 0 Å². The molecule has 7 nitrogen and oxygen atoms in total. The first-order chi connectivity index (χ1) is 16.5. The summed E-state index contributed by atoms with van der Waals surface area (Å²) in [7, 11) is 1.70. The molecule has 0 saturated carbocycles. The summed E-state index contributed by atoms with van der Waals surface area (Å²) in [5.41, 5.74) is 11.5. The number of hydrogen-bond acceptors (Lipinski definition) is 5. The Labute approximate surface area is 198 Å². The van der Waals surface area contributed by atoms with Crippen LogP contribution in [0.25, 0.3) is 33.3 Å². The molecule has 0 aliphatic heterocycles. The van der Waals surface area contributed by atoms with E-state index in [0.717, 1.165) is 27.9 Å². The number of rotatable bonds is 7. The molecule has 0 bridgehead atoms. The summed E-state index contributed by atoms with van der Waals surface area (Å²) in [5.74, 6) is -0.357. The van der Waals surface area contributed by atoms with Crippen LogP contribution in [0.4, 0.5) is 0 Å². The predicted molar refractivity (Wildman–Crippen MR) is 134 cm³/mol. The molecule has 0 fully saturated rings. The summed E-state index contributed by atoms with van der Waals surface area (Å²) in [5, 5.41) is 3.39. The van der Waals surface area contributed by atoms with Crippen molar-refractivity contribution < 1.29 is 9.59 Å². The molecule has 0 unspecified atom stereocenters. The molecule has 172 valence electrons. The molecule has 0 saturated heterocycles. The number of benzene rings is 2. The molecule has 34 heavy (non-hydrogen) atoms. The van der Waals surface area contributed by atoms with E-state index in [1.165, 1.54) is 6.92 Å². The molecule has 2 aromatic heterocycles. The van der Waals surface area contributed by atoms with Crippen LogP contribution in [-0.4, -0.2) is 46.8 Å². The van der Waals surface area contributed by atoms with E-state index < -0.39 is 0 Å². The van der Waals surface area contributed by atoms with Crippen molar-refractivity contribution >= 4 is 22.7 Å². The minimum absolute atomic E-state index is 0.132. The number of carbonyl (C=O) groups is 2. The van der Waals surface area contributed by atoms with Crippen LogP contribution in [0.15, 0.2) is 72.9 Å². The van der Waals surface area contributed by atoms with E-state index in [0.29, 0.717) is 36.2 Å². The average Bonchev–Trinajstić information content (AvgIpc) is 2.87. The molecule has 2 heterocycles. The van der Waals surface area contributed by atoms with E-state index in [4.69, 9.17) is 10.7 Å². The Balaban J connectivity index is 1.82. The number of nitrogens with zero attached hydrogens (tertiary/aromatic N) is 3. The predicted octanol–water partition coefficient (Wildman–Crippen LogP) is 3.63. The largest absolute Gasteiger partial charge is 0.355 e. The smallest absolute Gasteiger partial charge is 0.272 e. The topological polar surface area (TPSA) is 101 Å². The standard InChI is InChI=1S/C27H27N5O2/c1-18(33)29-14-15-32(2)27(34)26-23-16-22(20-6-4-3-5-7-20)25(31-24(23)12-13-30-26)21-10-8-19(17-28)9-11-21/h3-13,16H,14-15,17,28H2,1-2H3,(H,29,33). The van der Waals surface area contributed by atoms with Crippen molar-refractivity contribution in [1.82, 2.24) is 20.2 Å². The Hall–Kier alpha value is -4.10. The van der Waals surface area contributed by atoms with Gasteiger partial charge < -0.3 is 16.0 Å². The minimum Gasteiger partial charge on any atom is -0.355 e. The molecule has 0 radical (unpaired) electrons. The molecular weight excluding hydrogens is 426 g/mol. The van der Waals surface area contributed by atoms with Gasteiger partial charge in [0.05, 0.1) is 11.2 Å². The second kappa shape index (κ2) is 10.2. The number of pyridine rings is 2. The van der Waals surface area contributed by atoms with Gasteiger partial charge in [0.1, 0.15) is 5.69 Å². The molecule has 0 aliphatic rings. The zero-order valence-electron chi connectivity index (χ0n) is 19.3. The summed E-state index contributed by atoms with van der Waals surface area (Å²) in [4.78, 5) is 35.3. The van der Waals surface area contributed by atoms with Gasteiger partial charge in [-0.3, -0.25) is 14.6 Å². The molecule has 2 amide bonds. The van der Waals surface area contributed by atoms with E-state index in [9.17, 15) is 9.59 Å². The number of nitrogens with two attached hydrogens (primary N) is 1. The molecule has 0 aliphatic carbocycles. The van der Waals surface area contributed by atoms with Crippen molar-refractivity contribution in [1.29, 1.82) is 0 Å². The zero-order valence-corrected chi connectivity index (χ0v) is 19.3. The van der Waals surface area contributed by atoms with Crippen LogP contribution in [0.1, 0.15) is 23.0 Å². The second-order valence-electron chi connectivity index (χ2n) is 8.09. The highest BCUT2D eigenvalue weighted by Gasteiger charge is 2.19. The van der Waals surface area contributed by atoms with Gasteiger partial charge in [-0.1, -0.05) is 54.6 Å². The Morgan fingerprint density at radius 1 is 1.00 bits per heavy atom. The van der Waals surface area contributed by atoms with Crippen LogP contribution in [0.3, 0.4) is 0 Å². The third-order valence-electron chi connectivity index (χ3n) is 5.66. The first-order valence-corrected chi connectivity index (χ1v) is 11.1.